The molecule has 0 aliphatic rings. The first-order valence-electron chi connectivity index (χ1n) is 1.17. The summed E-state index contributed by atoms with van der Waals surface area (Å²) in [6.45, 7) is 0. The summed E-state index contributed by atoms with van der Waals surface area (Å²) in [5.41, 5.74) is 3.25. The molecule has 0 aromatic heterocycles. The van der Waals surface area contributed by atoms with Crippen molar-refractivity contribution in [2.45, 2.75) is 0 Å². The summed E-state index contributed by atoms with van der Waals surface area (Å²) in [5.74, 6) is 0. The van der Waals surface area contributed by atoms with Gasteiger partial charge in [0.1, 0.15) is 0 Å². The molecule has 0 amide bonds. The Kier molecular flexibility index (Phi) is 14.8. The smallest absolute Gasteiger partial charge is 0.282 e. The molecule has 0 aromatic rings. The first-order chi connectivity index (χ1) is 2.73. The Morgan fingerprint density at radius 2 is 1.17 bits per heavy atom. The molecule has 0 aliphatic carbocycles. The van der Waals surface area contributed by atoms with Crippen LogP contribution in [0.1, 0.15) is 0 Å². The topological polar surface area (TPSA) is 96.8 Å². The van der Waals surface area contributed by atoms with Crippen molar-refractivity contribution in [2.24, 2.45) is 0 Å². The van der Waals surface area contributed by atoms with Crippen molar-refractivity contribution >= 4 is 0 Å². The Labute approximate surface area is 44.6 Å². The van der Waals surface area contributed by atoms with Gasteiger partial charge in [-0.1, -0.05) is 0 Å². The van der Waals surface area contributed by atoms with Gasteiger partial charge in [0.05, 0.1) is 7.05 Å². The van der Waals surface area contributed by atoms with Gasteiger partial charge in [-0.25, -0.2) is 0 Å². The lowest BCUT2D eigenvalue weighted by atomic mass is 11.6. The van der Waals surface area contributed by atoms with Gasteiger partial charge in [-0.05, 0) is 0 Å². The predicted molar refractivity (Wildman–Crippen MR) is 8.81 cm³/mol. The monoisotopic (exact) mass is 207 g/mol. The van der Waals surface area contributed by atoms with E-state index >= 15 is 0 Å². The summed E-state index contributed by atoms with van der Waals surface area (Å²) >= 11 is -4.01. The molecule has 0 aliphatic heterocycles. The summed E-state index contributed by atoms with van der Waals surface area (Å²) in [5, 5.41) is 0. The highest BCUT2D eigenvalue weighted by molar-refractivity contribution is 3.08. The average molecular weight is 207 g/mol. The molecule has 0 bridgehead atoms. The Bertz CT molecular complexity index is 15.5. The highest BCUT2D eigenvalue weighted by atomic mass is 127. The van der Waals surface area contributed by atoms with Gasteiger partial charge in [-0.3, -0.25) is 0 Å². The van der Waals surface area contributed by atoms with Crippen molar-refractivity contribution in [1.82, 2.24) is 0 Å². The molecule has 0 aromatic carbocycles. The standard InChI is InChI=1S/CH5N.IO3/c1-2;2-1(3)4/h2H2,1H3;/q;-1/p+1. The Morgan fingerprint density at radius 1 is 1.17 bits per heavy atom. The predicted octanol–water partition coefficient (Wildman–Crippen LogP) is -7.70. The maximum atomic E-state index is 8.57. The van der Waals surface area contributed by atoms with Crippen LogP contribution in [0.15, 0.2) is 0 Å². The molecule has 6 heavy (non-hydrogen) atoms. The third kappa shape index (κ3) is 179. The van der Waals surface area contributed by atoms with Gasteiger partial charge in [0, 0.05) is 0 Å². The first kappa shape index (κ1) is 9.76. The zero-order valence-electron chi connectivity index (χ0n) is 3.31. The molecule has 4 nitrogen and oxygen atoms in total. The molecule has 40 valence electrons. The van der Waals surface area contributed by atoms with Gasteiger partial charge in [0.2, 0.25) is 0 Å². The minimum Gasteiger partial charge on any atom is -0.427 e. The highest BCUT2D eigenvalue weighted by Gasteiger charge is 1.70. The molecule has 0 saturated carbocycles. The Hall–Kier alpha value is 0.570. The second kappa shape index (κ2) is 9.13. The molecule has 5 heteroatoms. The fourth-order valence-electron chi connectivity index (χ4n) is 0. The van der Waals surface area contributed by atoms with Crippen LogP contribution in [0.2, 0.25) is 0 Å². The van der Waals surface area contributed by atoms with E-state index < -0.39 is 21.1 Å². The third-order valence-electron chi connectivity index (χ3n) is 0. The lowest BCUT2D eigenvalue weighted by Gasteiger charge is -1.84. The van der Waals surface area contributed by atoms with Gasteiger partial charge in [-0.2, -0.15) is 0 Å². The Morgan fingerprint density at radius 3 is 1.17 bits per heavy atom. The van der Waals surface area contributed by atoms with Gasteiger partial charge >= 0.3 is 0 Å². The van der Waals surface area contributed by atoms with Crippen LogP contribution in [0.4, 0.5) is 0 Å². The van der Waals surface area contributed by atoms with Gasteiger partial charge < -0.3 is 16.0 Å². The van der Waals surface area contributed by atoms with Crippen molar-refractivity contribution in [1.29, 1.82) is 0 Å². The molecule has 3 N–H and O–H groups in total. The van der Waals surface area contributed by atoms with E-state index in [4.69, 9.17) is 10.3 Å². The zero-order valence-corrected chi connectivity index (χ0v) is 5.47. The van der Waals surface area contributed by atoms with E-state index in [9.17, 15) is 0 Å². The first-order valence-corrected chi connectivity index (χ1v) is 3.81. The van der Waals surface area contributed by atoms with Crippen LogP contribution in [0.5, 0.6) is 0 Å². The van der Waals surface area contributed by atoms with Gasteiger partial charge in [-0.15, -0.1) is 0 Å². The van der Waals surface area contributed by atoms with E-state index in [1.165, 1.54) is 0 Å². The number of quaternary nitrogens is 1. The van der Waals surface area contributed by atoms with E-state index in [1.807, 2.05) is 0 Å². The lowest BCUT2D eigenvalue weighted by Crippen LogP contribution is -4.05. The minimum atomic E-state index is -4.01. The number of hydrogen-bond donors (Lipinski definition) is 1. The minimum absolute atomic E-state index is 1.75. The fraction of sp³-hybridized carbons (Fsp3) is 1.00. The normalized spacial score (nSPS) is 7.00. The maximum absolute atomic E-state index is 8.57. The van der Waals surface area contributed by atoms with E-state index in [0.717, 1.165) is 0 Å². The molecule has 0 radical (unpaired) electrons. The molecule has 0 atom stereocenters. The van der Waals surface area contributed by atoms with Crippen LogP contribution in [0.3, 0.4) is 0 Å². The number of halogens is 1. The van der Waals surface area contributed by atoms with Gasteiger partial charge in [0.25, 0.3) is 21.1 Å². The van der Waals surface area contributed by atoms with Crippen LogP contribution in [0.25, 0.3) is 0 Å². The summed E-state index contributed by atoms with van der Waals surface area (Å²) in [4.78, 5) is 0. The van der Waals surface area contributed by atoms with Crippen LogP contribution in [0, 0.1) is 0 Å². The van der Waals surface area contributed by atoms with Crippen LogP contribution in [-0.4, -0.2) is 7.05 Å². The van der Waals surface area contributed by atoms with E-state index in [0.29, 0.717) is 0 Å². The molecule has 0 unspecified atom stereocenters. The van der Waals surface area contributed by atoms with Crippen molar-refractivity contribution in [3.63, 3.8) is 0 Å². The lowest BCUT2D eigenvalue weighted by molar-refractivity contribution is -1.73. The molecular formula is CH6INO3. The van der Waals surface area contributed by atoms with Crippen molar-refractivity contribution in [2.75, 3.05) is 7.05 Å². The molecule has 0 spiro atoms. The molecular weight excluding hydrogens is 201 g/mol. The van der Waals surface area contributed by atoms with Gasteiger partial charge in [0.15, 0.2) is 0 Å². The average Bonchev–Trinajstić information content (AvgIpc) is 1.41. The zero-order chi connectivity index (χ0) is 5.58. The fourth-order valence-corrected chi connectivity index (χ4v) is 0. The summed E-state index contributed by atoms with van der Waals surface area (Å²) in [6, 6.07) is 0. The summed E-state index contributed by atoms with van der Waals surface area (Å²) in [6.07, 6.45) is 0. The SMILES string of the molecule is C[NH3+].[O-][I+2]([O-])[O-]. The van der Waals surface area contributed by atoms with Crippen molar-refractivity contribution in [3.05, 3.63) is 0 Å². The maximum Gasteiger partial charge on any atom is 0.282 e. The molecule has 0 saturated heterocycles. The van der Waals surface area contributed by atoms with E-state index in [-0.39, 0.29) is 0 Å². The van der Waals surface area contributed by atoms with Crippen molar-refractivity contribution in [3.8, 4) is 0 Å². The van der Waals surface area contributed by atoms with Crippen molar-refractivity contribution < 1.29 is 37.1 Å². The number of hydrogen-bond acceptors (Lipinski definition) is 3. The largest absolute Gasteiger partial charge is 0.427 e. The second-order valence-corrected chi connectivity index (χ2v) is 1.27. The molecule has 0 fully saturated rings. The quantitative estimate of drug-likeness (QED) is 0.399. The Balaban J connectivity index is 0. The van der Waals surface area contributed by atoms with E-state index in [1.54, 1.807) is 7.05 Å². The molecule has 0 heterocycles. The van der Waals surface area contributed by atoms with Crippen LogP contribution >= 0.6 is 0 Å². The number of rotatable bonds is 0. The highest BCUT2D eigenvalue weighted by Crippen LogP contribution is 0.251. The summed E-state index contributed by atoms with van der Waals surface area (Å²) < 4.78 is 25.7. The molecule has 0 rings (SSSR count). The van der Waals surface area contributed by atoms with Crippen LogP contribution in [-0.2, 0) is 0 Å². The summed E-state index contributed by atoms with van der Waals surface area (Å²) in [7, 11) is 1.75. The second-order valence-electron chi connectivity index (χ2n) is 0.189. The van der Waals surface area contributed by atoms with E-state index in [2.05, 4.69) is 5.73 Å². The third-order valence-corrected chi connectivity index (χ3v) is 0. The van der Waals surface area contributed by atoms with Crippen LogP contribution < -0.4 is 37.1 Å².